The lowest BCUT2D eigenvalue weighted by atomic mass is 10.0. The Labute approximate surface area is 161 Å². The van der Waals surface area contributed by atoms with Crippen molar-refractivity contribution in [1.29, 1.82) is 0 Å². The number of anilines is 1. The lowest BCUT2D eigenvalue weighted by Crippen LogP contribution is -2.32. The van der Waals surface area contributed by atoms with Gasteiger partial charge in [0.15, 0.2) is 6.20 Å². The predicted octanol–water partition coefficient (Wildman–Crippen LogP) is 4.92. The van der Waals surface area contributed by atoms with Gasteiger partial charge in [-0.05, 0) is 43.7 Å². The molecule has 4 nitrogen and oxygen atoms in total. The van der Waals surface area contributed by atoms with Gasteiger partial charge in [-0.25, -0.2) is 4.57 Å². The number of rotatable bonds is 7. The minimum Gasteiger partial charge on any atom is -0.494 e. The quantitative estimate of drug-likeness (QED) is 0.557. The van der Waals surface area contributed by atoms with E-state index in [9.17, 15) is 0 Å². The largest absolute Gasteiger partial charge is 0.494 e. The van der Waals surface area contributed by atoms with E-state index in [2.05, 4.69) is 40.9 Å². The Morgan fingerprint density at radius 2 is 1.63 bits per heavy atom. The van der Waals surface area contributed by atoms with E-state index in [-0.39, 0.29) is 0 Å². The van der Waals surface area contributed by atoms with Crippen molar-refractivity contribution in [3.8, 4) is 28.4 Å². The molecule has 3 rings (SSSR count). The molecule has 0 atom stereocenters. The van der Waals surface area contributed by atoms with Crippen molar-refractivity contribution in [2.75, 3.05) is 25.6 Å². The molecule has 0 saturated heterocycles. The highest BCUT2D eigenvalue weighted by Crippen LogP contribution is 2.39. The summed E-state index contributed by atoms with van der Waals surface area (Å²) in [6, 6.07) is 18.1. The molecule has 4 heteroatoms. The van der Waals surface area contributed by atoms with Crippen molar-refractivity contribution in [2.45, 2.75) is 20.4 Å². The molecule has 2 aromatic carbocycles. The molecule has 0 aliphatic carbocycles. The van der Waals surface area contributed by atoms with Gasteiger partial charge in [0.25, 0.3) is 0 Å². The van der Waals surface area contributed by atoms with Gasteiger partial charge in [-0.2, -0.15) is 0 Å². The smallest absolute Gasteiger partial charge is 0.214 e. The average Bonchev–Trinajstić information content (AvgIpc) is 2.68. The Morgan fingerprint density at radius 1 is 0.889 bits per heavy atom. The molecule has 0 unspecified atom stereocenters. The van der Waals surface area contributed by atoms with E-state index < -0.39 is 0 Å². The first-order chi connectivity index (χ1) is 13.1. The summed E-state index contributed by atoms with van der Waals surface area (Å²) in [6.45, 7) is 5.63. The normalized spacial score (nSPS) is 10.5. The van der Waals surface area contributed by atoms with Gasteiger partial charge in [0, 0.05) is 14.1 Å². The van der Waals surface area contributed by atoms with Gasteiger partial charge < -0.3 is 14.4 Å². The number of hydrogen-bond donors (Lipinski definition) is 0. The van der Waals surface area contributed by atoms with Crippen LogP contribution in [0.1, 0.15) is 13.8 Å². The SMILES string of the molecule is CCOc1cccc(-c2c[n+](CC)cc(Oc3ccccc3)c2N(C)C)c1. The van der Waals surface area contributed by atoms with Crippen molar-refractivity contribution >= 4 is 5.69 Å². The van der Waals surface area contributed by atoms with Gasteiger partial charge in [0.2, 0.25) is 11.9 Å². The zero-order valence-electron chi connectivity index (χ0n) is 16.5. The summed E-state index contributed by atoms with van der Waals surface area (Å²) in [5, 5.41) is 0. The van der Waals surface area contributed by atoms with Gasteiger partial charge in [0.1, 0.15) is 18.0 Å². The average molecular weight is 363 g/mol. The maximum atomic E-state index is 6.26. The van der Waals surface area contributed by atoms with Gasteiger partial charge in [0.05, 0.1) is 17.9 Å². The lowest BCUT2D eigenvalue weighted by Gasteiger charge is -2.20. The van der Waals surface area contributed by atoms with Gasteiger partial charge in [-0.3, -0.25) is 0 Å². The van der Waals surface area contributed by atoms with E-state index >= 15 is 0 Å². The molecule has 0 spiro atoms. The van der Waals surface area contributed by atoms with Crippen LogP contribution in [-0.2, 0) is 6.54 Å². The Balaban J connectivity index is 2.15. The van der Waals surface area contributed by atoms with Gasteiger partial charge in [-0.1, -0.05) is 30.3 Å². The van der Waals surface area contributed by atoms with E-state index in [4.69, 9.17) is 9.47 Å². The minimum absolute atomic E-state index is 0.649. The van der Waals surface area contributed by atoms with Crippen LogP contribution < -0.4 is 18.9 Å². The monoisotopic (exact) mass is 363 g/mol. The molecule has 3 aromatic rings. The molecule has 0 N–H and O–H groups in total. The number of pyridine rings is 1. The molecule has 0 fully saturated rings. The van der Waals surface area contributed by atoms with Crippen molar-refractivity contribution < 1.29 is 14.0 Å². The fraction of sp³-hybridized carbons (Fsp3) is 0.261. The first-order valence-corrected chi connectivity index (χ1v) is 9.33. The zero-order valence-corrected chi connectivity index (χ0v) is 16.5. The molecule has 0 radical (unpaired) electrons. The first-order valence-electron chi connectivity index (χ1n) is 9.33. The van der Waals surface area contributed by atoms with Crippen molar-refractivity contribution in [3.05, 3.63) is 67.0 Å². The third kappa shape index (κ3) is 4.40. The van der Waals surface area contributed by atoms with Crippen LogP contribution in [0.25, 0.3) is 11.1 Å². The molecular weight excluding hydrogens is 336 g/mol. The molecule has 0 saturated carbocycles. The van der Waals surface area contributed by atoms with Crippen LogP contribution in [0, 0.1) is 0 Å². The molecule has 0 amide bonds. The summed E-state index contributed by atoms with van der Waals surface area (Å²) in [7, 11) is 4.08. The Hall–Kier alpha value is -3.01. The molecule has 1 heterocycles. The topological polar surface area (TPSA) is 25.6 Å². The number of nitrogens with zero attached hydrogens (tertiary/aromatic N) is 2. The van der Waals surface area contributed by atoms with Crippen LogP contribution in [0.15, 0.2) is 67.0 Å². The fourth-order valence-corrected chi connectivity index (χ4v) is 3.07. The third-order valence-corrected chi connectivity index (χ3v) is 4.31. The molecule has 140 valence electrons. The highest BCUT2D eigenvalue weighted by Gasteiger charge is 2.21. The fourth-order valence-electron chi connectivity index (χ4n) is 3.07. The molecule has 0 aliphatic heterocycles. The van der Waals surface area contributed by atoms with Crippen LogP contribution in [0.5, 0.6) is 17.2 Å². The van der Waals surface area contributed by atoms with E-state index in [1.54, 1.807) is 0 Å². The molecule has 0 bridgehead atoms. The second-order valence-electron chi connectivity index (χ2n) is 6.49. The lowest BCUT2D eigenvalue weighted by molar-refractivity contribution is -0.693. The number of benzene rings is 2. The number of para-hydroxylation sites is 1. The summed E-state index contributed by atoms with van der Waals surface area (Å²) >= 11 is 0. The predicted molar refractivity (Wildman–Crippen MR) is 110 cm³/mol. The maximum Gasteiger partial charge on any atom is 0.214 e. The first kappa shape index (κ1) is 18.8. The summed E-state index contributed by atoms with van der Waals surface area (Å²) < 4.78 is 14.1. The highest BCUT2D eigenvalue weighted by atomic mass is 16.5. The van der Waals surface area contributed by atoms with E-state index in [0.717, 1.165) is 40.6 Å². The summed E-state index contributed by atoms with van der Waals surface area (Å²) in [5.74, 6) is 2.52. The van der Waals surface area contributed by atoms with E-state index in [1.807, 2.05) is 63.5 Å². The number of aromatic nitrogens is 1. The Kier molecular flexibility index (Phi) is 5.97. The van der Waals surface area contributed by atoms with Crippen LogP contribution in [-0.4, -0.2) is 20.7 Å². The number of hydrogen-bond acceptors (Lipinski definition) is 3. The summed E-state index contributed by atoms with van der Waals surface area (Å²) in [5.41, 5.74) is 3.25. The van der Waals surface area contributed by atoms with Crippen LogP contribution >= 0.6 is 0 Å². The van der Waals surface area contributed by atoms with Crippen LogP contribution in [0.3, 0.4) is 0 Å². The third-order valence-electron chi connectivity index (χ3n) is 4.31. The van der Waals surface area contributed by atoms with Gasteiger partial charge >= 0.3 is 0 Å². The second kappa shape index (κ2) is 8.58. The van der Waals surface area contributed by atoms with Gasteiger partial charge in [-0.15, -0.1) is 0 Å². The maximum absolute atomic E-state index is 6.26. The van der Waals surface area contributed by atoms with E-state index in [0.29, 0.717) is 6.61 Å². The Morgan fingerprint density at radius 3 is 2.30 bits per heavy atom. The summed E-state index contributed by atoms with van der Waals surface area (Å²) in [6.07, 6.45) is 4.22. The minimum atomic E-state index is 0.649. The second-order valence-corrected chi connectivity index (χ2v) is 6.49. The van der Waals surface area contributed by atoms with Crippen LogP contribution in [0.4, 0.5) is 5.69 Å². The standard InChI is InChI=1S/C23H27N2O2/c1-5-25-16-21(18-11-10-14-20(15-18)26-6-2)23(24(3)4)22(17-25)27-19-12-8-7-9-13-19/h7-17H,5-6H2,1-4H3/q+1. The zero-order chi connectivity index (χ0) is 19.2. The van der Waals surface area contributed by atoms with Crippen molar-refractivity contribution in [1.82, 2.24) is 0 Å². The highest BCUT2D eigenvalue weighted by molar-refractivity contribution is 5.82. The molecule has 0 aliphatic rings. The van der Waals surface area contributed by atoms with E-state index in [1.165, 1.54) is 0 Å². The molecule has 1 aromatic heterocycles. The van der Waals surface area contributed by atoms with Crippen molar-refractivity contribution in [2.24, 2.45) is 0 Å². The molecule has 27 heavy (non-hydrogen) atoms. The van der Waals surface area contributed by atoms with Crippen molar-refractivity contribution in [3.63, 3.8) is 0 Å². The molecular formula is C23H27N2O2+. The Bertz CT molecular complexity index is 892. The number of aryl methyl sites for hydroxylation is 1. The summed E-state index contributed by atoms with van der Waals surface area (Å²) in [4.78, 5) is 2.10. The number of ether oxygens (including phenoxy) is 2. The van der Waals surface area contributed by atoms with Crippen LogP contribution in [0.2, 0.25) is 0 Å².